The first kappa shape index (κ1) is 15.7. The van der Waals surface area contributed by atoms with Crippen molar-refractivity contribution in [1.82, 2.24) is 10.6 Å². The summed E-state index contributed by atoms with van der Waals surface area (Å²) >= 11 is 1.86. The second-order valence-electron chi connectivity index (χ2n) is 7.02. The molecule has 1 heterocycles. The topological polar surface area (TPSA) is 53.5 Å². The van der Waals surface area contributed by atoms with Gasteiger partial charge in [-0.3, -0.25) is 9.79 Å². The minimum absolute atomic E-state index is 0.195. The van der Waals surface area contributed by atoms with E-state index in [0.29, 0.717) is 23.1 Å². The minimum Gasteiger partial charge on any atom is -0.365 e. The largest absolute Gasteiger partial charge is 0.365 e. The van der Waals surface area contributed by atoms with Crippen molar-refractivity contribution in [3.05, 3.63) is 0 Å². The molecule has 4 nitrogen and oxygen atoms in total. The predicted octanol–water partition coefficient (Wildman–Crippen LogP) is 2.54. The van der Waals surface area contributed by atoms with Crippen molar-refractivity contribution in [3.63, 3.8) is 0 Å². The zero-order valence-electron chi connectivity index (χ0n) is 12.9. The number of carbonyl (C=O) groups is 1. The molecule has 1 fully saturated rings. The summed E-state index contributed by atoms with van der Waals surface area (Å²) in [6.45, 7) is 8.59. The number of nitrogens with one attached hydrogen (secondary N) is 2. The maximum absolute atomic E-state index is 11.5. The highest BCUT2D eigenvalue weighted by Crippen LogP contribution is 2.31. The molecule has 1 amide bonds. The molecule has 5 heteroatoms. The summed E-state index contributed by atoms with van der Waals surface area (Å²) in [6, 6.07) is 0.475. The van der Waals surface area contributed by atoms with Crippen molar-refractivity contribution in [2.24, 2.45) is 10.4 Å². The van der Waals surface area contributed by atoms with E-state index in [1.165, 1.54) is 6.42 Å². The van der Waals surface area contributed by atoms with E-state index < -0.39 is 0 Å². The molecule has 2 rings (SSSR count). The molecule has 1 aliphatic carbocycles. The number of nitrogens with zero attached hydrogens (tertiary/aromatic N) is 1. The van der Waals surface area contributed by atoms with Crippen molar-refractivity contribution in [3.8, 4) is 0 Å². The van der Waals surface area contributed by atoms with Gasteiger partial charge in [0.25, 0.3) is 0 Å². The molecule has 20 heavy (non-hydrogen) atoms. The molecular formula is C15H27N3OS. The number of thioether (sulfide) groups is 1. The molecule has 0 saturated heterocycles. The molecule has 2 aliphatic rings. The molecule has 0 radical (unpaired) electrons. The van der Waals surface area contributed by atoms with Crippen LogP contribution in [0.3, 0.4) is 0 Å². The van der Waals surface area contributed by atoms with Gasteiger partial charge in [-0.2, -0.15) is 0 Å². The van der Waals surface area contributed by atoms with Gasteiger partial charge in [-0.15, -0.1) is 0 Å². The van der Waals surface area contributed by atoms with Gasteiger partial charge in [-0.05, 0) is 31.1 Å². The first-order chi connectivity index (χ1) is 9.42. The predicted molar refractivity (Wildman–Crippen MR) is 86.2 cm³/mol. The van der Waals surface area contributed by atoms with Crippen molar-refractivity contribution >= 4 is 22.8 Å². The van der Waals surface area contributed by atoms with Gasteiger partial charge >= 0.3 is 0 Å². The standard InChI is InChI=1S/C15H27N3OS/c1-15(2,3)9-12-10-17-14(20-12)16-8-4-5-13(19)18-11-6-7-11/h11-12H,4-10H2,1-3H3,(H,16,17)(H,18,19). The zero-order chi connectivity index (χ0) is 14.6. The molecule has 0 bridgehead atoms. The van der Waals surface area contributed by atoms with Gasteiger partial charge in [0, 0.05) is 24.3 Å². The monoisotopic (exact) mass is 297 g/mol. The van der Waals surface area contributed by atoms with Crippen molar-refractivity contribution in [2.75, 3.05) is 13.1 Å². The average molecular weight is 297 g/mol. The molecule has 2 N–H and O–H groups in total. The third kappa shape index (κ3) is 6.16. The van der Waals surface area contributed by atoms with Crippen LogP contribution in [0.15, 0.2) is 4.99 Å². The minimum atomic E-state index is 0.195. The Balaban J connectivity index is 1.53. The molecular weight excluding hydrogens is 270 g/mol. The van der Waals surface area contributed by atoms with Crippen LogP contribution in [0.25, 0.3) is 0 Å². The Kier molecular flexibility index (Phi) is 5.35. The summed E-state index contributed by atoms with van der Waals surface area (Å²) in [5.41, 5.74) is 0.365. The zero-order valence-corrected chi connectivity index (χ0v) is 13.7. The fourth-order valence-corrected chi connectivity index (χ4v) is 3.66. The fraction of sp³-hybridized carbons (Fsp3) is 0.867. The molecule has 1 unspecified atom stereocenters. The summed E-state index contributed by atoms with van der Waals surface area (Å²) in [5.74, 6) is 0.195. The van der Waals surface area contributed by atoms with E-state index in [2.05, 4.69) is 36.4 Å². The Hall–Kier alpha value is -0.710. The molecule has 0 aromatic rings. The van der Waals surface area contributed by atoms with E-state index in [4.69, 9.17) is 0 Å². The number of amidine groups is 1. The first-order valence-electron chi connectivity index (χ1n) is 7.67. The van der Waals surface area contributed by atoms with E-state index in [-0.39, 0.29) is 5.91 Å². The van der Waals surface area contributed by atoms with Crippen LogP contribution < -0.4 is 10.6 Å². The van der Waals surface area contributed by atoms with Gasteiger partial charge in [0.15, 0.2) is 5.17 Å². The number of aliphatic imine (C=N–C) groups is 1. The van der Waals surface area contributed by atoms with Crippen LogP contribution in [0.1, 0.15) is 52.9 Å². The smallest absolute Gasteiger partial charge is 0.220 e. The average Bonchev–Trinajstić information content (AvgIpc) is 3.03. The number of hydrogen-bond acceptors (Lipinski definition) is 4. The summed E-state index contributed by atoms with van der Waals surface area (Å²) in [6.07, 6.45) is 5.00. The van der Waals surface area contributed by atoms with Gasteiger partial charge in [-0.1, -0.05) is 32.5 Å². The normalized spacial score (nSPS) is 22.6. The first-order valence-corrected chi connectivity index (χ1v) is 8.55. The number of carbonyl (C=O) groups excluding carboxylic acids is 1. The summed E-state index contributed by atoms with van der Waals surface area (Å²) in [5, 5.41) is 8.03. The summed E-state index contributed by atoms with van der Waals surface area (Å²) in [4.78, 5) is 16.1. The van der Waals surface area contributed by atoms with Crippen LogP contribution in [-0.2, 0) is 4.79 Å². The molecule has 0 aromatic carbocycles. The highest BCUT2D eigenvalue weighted by molar-refractivity contribution is 8.14. The van der Waals surface area contributed by atoms with E-state index in [0.717, 1.165) is 37.5 Å². The highest BCUT2D eigenvalue weighted by atomic mass is 32.2. The lowest BCUT2D eigenvalue weighted by Crippen LogP contribution is -2.27. The van der Waals surface area contributed by atoms with Crippen LogP contribution in [0.5, 0.6) is 0 Å². The van der Waals surface area contributed by atoms with Crippen LogP contribution in [-0.4, -0.2) is 35.5 Å². The van der Waals surface area contributed by atoms with Gasteiger partial charge in [-0.25, -0.2) is 0 Å². The van der Waals surface area contributed by atoms with Crippen molar-refractivity contribution in [2.45, 2.75) is 64.2 Å². The van der Waals surface area contributed by atoms with Gasteiger partial charge < -0.3 is 10.6 Å². The maximum atomic E-state index is 11.5. The second kappa shape index (κ2) is 6.83. The quantitative estimate of drug-likeness (QED) is 0.741. The summed E-state index contributed by atoms with van der Waals surface area (Å²) in [7, 11) is 0. The maximum Gasteiger partial charge on any atom is 0.220 e. The second-order valence-corrected chi connectivity index (χ2v) is 8.31. The number of hydrogen-bond donors (Lipinski definition) is 2. The number of amides is 1. The lowest BCUT2D eigenvalue weighted by molar-refractivity contribution is -0.121. The summed E-state index contributed by atoms with van der Waals surface area (Å²) < 4.78 is 0. The molecule has 114 valence electrons. The molecule has 0 aromatic heterocycles. The Morgan fingerprint density at radius 1 is 1.40 bits per heavy atom. The van der Waals surface area contributed by atoms with Crippen LogP contribution in [0.4, 0.5) is 0 Å². The Morgan fingerprint density at radius 2 is 2.15 bits per heavy atom. The van der Waals surface area contributed by atoms with Gasteiger partial charge in [0.1, 0.15) is 0 Å². The molecule has 1 atom stereocenters. The molecule has 1 aliphatic heterocycles. The van der Waals surface area contributed by atoms with E-state index in [9.17, 15) is 4.79 Å². The molecule has 0 spiro atoms. The number of rotatable bonds is 6. The van der Waals surface area contributed by atoms with Crippen molar-refractivity contribution < 1.29 is 4.79 Å². The van der Waals surface area contributed by atoms with Gasteiger partial charge in [0.2, 0.25) is 5.91 Å². The Morgan fingerprint density at radius 3 is 2.80 bits per heavy atom. The van der Waals surface area contributed by atoms with E-state index >= 15 is 0 Å². The lowest BCUT2D eigenvalue weighted by Gasteiger charge is -2.21. The SMILES string of the molecule is CC(C)(C)CC1CN=C(NCCCC(=O)NC2CC2)S1. The van der Waals surface area contributed by atoms with E-state index in [1.54, 1.807) is 0 Å². The van der Waals surface area contributed by atoms with E-state index in [1.807, 2.05) is 11.8 Å². The van der Waals surface area contributed by atoms with Gasteiger partial charge in [0.05, 0.1) is 6.54 Å². The van der Waals surface area contributed by atoms with Crippen LogP contribution in [0, 0.1) is 5.41 Å². The Labute approximate surface area is 126 Å². The van der Waals surface area contributed by atoms with Crippen molar-refractivity contribution in [1.29, 1.82) is 0 Å². The van der Waals surface area contributed by atoms with Crippen LogP contribution >= 0.6 is 11.8 Å². The third-order valence-corrected chi connectivity index (χ3v) is 4.50. The van der Waals surface area contributed by atoms with Crippen LogP contribution in [0.2, 0.25) is 0 Å². The highest BCUT2D eigenvalue weighted by Gasteiger charge is 2.25. The Bertz CT molecular complexity index is 372. The fourth-order valence-electron chi connectivity index (χ4n) is 2.28. The molecule has 1 saturated carbocycles. The third-order valence-electron chi connectivity index (χ3n) is 3.36. The lowest BCUT2D eigenvalue weighted by atomic mass is 9.90.